The highest BCUT2D eigenvalue weighted by atomic mass is 16.6. The standard InChI is InChI=1S/C60H93N3O13/c1-44(74-56(5,6)27-31-67-35-36-69-38-40-71-47(4)65)42-58(9,10)72-33-29-63(30-34-73-59(11,12)43-45(2)75-57(7,8)28-32-68-37-39-70-46(3)64)51-23-19-49(20-24-51)60(48-17-21-50(22-18-48)61(13)14)54-26-25-52(62(15)16)41-53(54)55(66)76-60/h17-26,41,44-45H,27-40,42-43H2,1-16H3. The zero-order valence-corrected chi connectivity index (χ0v) is 49.0. The first kappa shape index (κ1) is 63.7. The third-order valence-electron chi connectivity index (χ3n) is 13.2. The second-order valence-corrected chi connectivity index (χ2v) is 22.7. The lowest BCUT2D eigenvalue weighted by Crippen LogP contribution is -2.39. The van der Waals surface area contributed by atoms with Crippen LogP contribution in [-0.2, 0) is 62.6 Å². The maximum atomic E-state index is 13.9. The molecule has 0 aliphatic carbocycles. The van der Waals surface area contributed by atoms with Crippen molar-refractivity contribution < 1.29 is 61.8 Å². The molecular formula is C60H93N3O13. The van der Waals surface area contributed by atoms with Crippen LogP contribution in [0.15, 0.2) is 66.7 Å². The van der Waals surface area contributed by atoms with Crippen molar-refractivity contribution in [2.75, 3.05) is 122 Å². The normalized spacial score (nSPS) is 15.7. The minimum absolute atomic E-state index is 0.0893. The van der Waals surface area contributed by atoms with Crippen LogP contribution in [0.3, 0.4) is 0 Å². The van der Waals surface area contributed by atoms with Gasteiger partial charge in [-0.05, 0) is 118 Å². The van der Waals surface area contributed by atoms with Crippen LogP contribution in [0.4, 0.5) is 17.1 Å². The minimum Gasteiger partial charge on any atom is -0.463 e. The number of fused-ring (bicyclic) bond motifs is 1. The van der Waals surface area contributed by atoms with E-state index < -0.39 is 28.0 Å². The monoisotopic (exact) mass is 1060 g/mol. The first-order valence-corrected chi connectivity index (χ1v) is 27.0. The molecule has 1 heterocycles. The van der Waals surface area contributed by atoms with E-state index in [9.17, 15) is 14.4 Å². The molecule has 0 aromatic heterocycles. The summed E-state index contributed by atoms with van der Waals surface area (Å²) in [4.78, 5) is 42.2. The molecule has 4 rings (SSSR count). The van der Waals surface area contributed by atoms with Gasteiger partial charge in [-0.1, -0.05) is 30.3 Å². The van der Waals surface area contributed by atoms with E-state index in [0.717, 1.165) is 33.8 Å². The van der Waals surface area contributed by atoms with E-state index in [2.05, 4.69) is 111 Å². The van der Waals surface area contributed by atoms with Crippen LogP contribution in [-0.4, -0.2) is 160 Å². The topological polar surface area (TPSA) is 153 Å². The lowest BCUT2D eigenvalue weighted by Gasteiger charge is -2.36. The number of esters is 3. The Morgan fingerprint density at radius 3 is 1.34 bits per heavy atom. The van der Waals surface area contributed by atoms with Gasteiger partial charge in [0.15, 0.2) is 5.60 Å². The van der Waals surface area contributed by atoms with Crippen LogP contribution >= 0.6 is 0 Å². The van der Waals surface area contributed by atoms with Crippen molar-refractivity contribution in [3.8, 4) is 0 Å². The molecule has 0 fully saturated rings. The van der Waals surface area contributed by atoms with Gasteiger partial charge >= 0.3 is 17.9 Å². The molecule has 3 atom stereocenters. The predicted molar refractivity (Wildman–Crippen MR) is 299 cm³/mol. The smallest absolute Gasteiger partial charge is 0.340 e. The van der Waals surface area contributed by atoms with Crippen molar-refractivity contribution in [3.63, 3.8) is 0 Å². The number of anilines is 3. The van der Waals surface area contributed by atoms with Gasteiger partial charge in [-0.3, -0.25) is 9.59 Å². The molecule has 3 aromatic carbocycles. The van der Waals surface area contributed by atoms with Gasteiger partial charge in [0.1, 0.15) is 13.2 Å². The first-order valence-electron chi connectivity index (χ1n) is 27.0. The summed E-state index contributed by atoms with van der Waals surface area (Å²) < 4.78 is 59.8. The van der Waals surface area contributed by atoms with E-state index in [0.29, 0.717) is 97.2 Å². The second kappa shape index (κ2) is 29.2. The third-order valence-corrected chi connectivity index (χ3v) is 13.2. The molecule has 16 nitrogen and oxygen atoms in total. The largest absolute Gasteiger partial charge is 0.463 e. The van der Waals surface area contributed by atoms with Gasteiger partial charge in [0, 0.05) is 115 Å². The van der Waals surface area contributed by atoms with Gasteiger partial charge in [0.2, 0.25) is 0 Å². The molecule has 0 spiro atoms. The van der Waals surface area contributed by atoms with Crippen LogP contribution < -0.4 is 14.7 Å². The Balaban J connectivity index is 1.48. The van der Waals surface area contributed by atoms with Crippen molar-refractivity contribution >= 4 is 35.0 Å². The number of nitrogens with zero attached hydrogens (tertiary/aromatic N) is 3. The van der Waals surface area contributed by atoms with Gasteiger partial charge < -0.3 is 62.1 Å². The van der Waals surface area contributed by atoms with Gasteiger partial charge in [-0.15, -0.1) is 0 Å². The highest BCUT2D eigenvalue weighted by Crippen LogP contribution is 2.48. The molecule has 0 saturated heterocycles. The van der Waals surface area contributed by atoms with E-state index in [4.69, 9.17) is 47.4 Å². The summed E-state index contributed by atoms with van der Waals surface area (Å²) in [6.45, 7) is 28.7. The van der Waals surface area contributed by atoms with Gasteiger partial charge in [0.25, 0.3) is 0 Å². The molecule has 0 amide bonds. The number of hydrogen-bond acceptors (Lipinski definition) is 16. The summed E-state index contributed by atoms with van der Waals surface area (Å²) in [7, 11) is 7.93. The number of carbonyl (C=O) groups excluding carboxylic acids is 3. The SMILES string of the molecule is CC(=O)OCCOCCOCCC(C)(C)OC(C)CC(C)(C)OCCN(CCOC(C)(C)CC(C)OC(C)(C)CCOCCOC(C)=O)c1ccc(C2(c3ccc(N(C)C)cc3)OC(=O)c3cc(N(C)C)ccc32)cc1. The number of rotatable bonds is 36. The summed E-state index contributed by atoms with van der Waals surface area (Å²) in [6.07, 6.45) is 2.55. The van der Waals surface area contributed by atoms with Crippen LogP contribution in [0, 0.1) is 0 Å². The van der Waals surface area contributed by atoms with Gasteiger partial charge in [-0.2, -0.15) is 0 Å². The Kier molecular flexibility index (Phi) is 24.5. The van der Waals surface area contributed by atoms with Crippen molar-refractivity contribution in [2.45, 2.75) is 149 Å². The maximum Gasteiger partial charge on any atom is 0.340 e. The third kappa shape index (κ3) is 20.9. The van der Waals surface area contributed by atoms with Crippen LogP contribution in [0.1, 0.15) is 136 Å². The molecule has 3 aromatic rings. The quantitative estimate of drug-likeness (QED) is 0.0308. The molecule has 1 aliphatic heterocycles. The maximum absolute atomic E-state index is 13.9. The van der Waals surface area contributed by atoms with Gasteiger partial charge in [0.05, 0.1) is 79.8 Å². The van der Waals surface area contributed by atoms with E-state index in [1.165, 1.54) is 13.8 Å². The number of hydrogen-bond donors (Lipinski definition) is 0. The van der Waals surface area contributed by atoms with E-state index >= 15 is 0 Å². The molecule has 0 N–H and O–H groups in total. The highest BCUT2D eigenvalue weighted by molar-refractivity contribution is 5.97. The summed E-state index contributed by atoms with van der Waals surface area (Å²) in [5, 5.41) is 0. The molecule has 16 heteroatoms. The van der Waals surface area contributed by atoms with Crippen molar-refractivity contribution in [1.29, 1.82) is 0 Å². The van der Waals surface area contributed by atoms with E-state index in [1.54, 1.807) is 0 Å². The lowest BCUT2D eigenvalue weighted by molar-refractivity contribution is -0.143. The highest BCUT2D eigenvalue weighted by Gasteiger charge is 2.49. The molecule has 0 bridgehead atoms. The molecule has 76 heavy (non-hydrogen) atoms. The fourth-order valence-electron chi connectivity index (χ4n) is 9.61. The van der Waals surface area contributed by atoms with Crippen molar-refractivity contribution in [3.05, 3.63) is 89.0 Å². The van der Waals surface area contributed by atoms with Gasteiger partial charge in [-0.25, -0.2) is 4.79 Å². The average molecular weight is 1060 g/mol. The summed E-state index contributed by atoms with van der Waals surface area (Å²) >= 11 is 0. The second-order valence-electron chi connectivity index (χ2n) is 22.7. The van der Waals surface area contributed by atoms with Crippen LogP contribution in [0.2, 0.25) is 0 Å². The molecular weight excluding hydrogens is 971 g/mol. The number of ether oxygens (including phenoxy) is 10. The fourth-order valence-corrected chi connectivity index (χ4v) is 9.61. The van der Waals surface area contributed by atoms with Crippen LogP contribution in [0.5, 0.6) is 0 Å². The summed E-state index contributed by atoms with van der Waals surface area (Å²) in [5.74, 6) is -1.01. The number of carbonyl (C=O) groups is 3. The molecule has 0 saturated carbocycles. The lowest BCUT2D eigenvalue weighted by atomic mass is 9.79. The number of cyclic esters (lactones) is 1. The van der Waals surface area contributed by atoms with Crippen molar-refractivity contribution in [2.24, 2.45) is 0 Å². The van der Waals surface area contributed by atoms with E-state index in [1.807, 2.05) is 68.3 Å². The Labute approximate surface area is 455 Å². The van der Waals surface area contributed by atoms with E-state index in [-0.39, 0.29) is 43.3 Å². The number of benzene rings is 3. The molecule has 1 aliphatic rings. The minimum atomic E-state index is -1.17. The molecule has 0 radical (unpaired) electrons. The zero-order valence-electron chi connectivity index (χ0n) is 49.0. The van der Waals surface area contributed by atoms with Crippen molar-refractivity contribution in [1.82, 2.24) is 0 Å². The molecule has 3 unspecified atom stereocenters. The Morgan fingerprint density at radius 1 is 0.526 bits per heavy atom. The molecule has 426 valence electrons. The summed E-state index contributed by atoms with van der Waals surface area (Å²) in [5.41, 5.74) is 2.95. The van der Waals surface area contributed by atoms with Crippen LogP contribution in [0.25, 0.3) is 0 Å². The Hall–Kier alpha value is -4.81. The Bertz CT molecular complexity index is 2250. The predicted octanol–water partition coefficient (Wildman–Crippen LogP) is 9.78. The Morgan fingerprint density at radius 2 is 0.921 bits per heavy atom. The first-order chi connectivity index (χ1) is 35.6. The average Bonchev–Trinajstić information content (AvgIpc) is 3.62. The fraction of sp³-hybridized carbons (Fsp3) is 0.650. The zero-order chi connectivity index (χ0) is 56.3. The summed E-state index contributed by atoms with van der Waals surface area (Å²) in [6, 6.07) is 22.5.